The van der Waals surface area contributed by atoms with Crippen molar-refractivity contribution in [3.63, 3.8) is 0 Å². The molecule has 4 heteroatoms. The second-order valence-electron chi connectivity index (χ2n) is 3.08. The molecule has 0 aromatic rings. The molecule has 1 N–H and O–H groups in total. The van der Waals surface area contributed by atoms with Gasteiger partial charge in [-0.15, -0.1) is 0 Å². The molecule has 0 spiro atoms. The lowest BCUT2D eigenvalue weighted by Crippen LogP contribution is -2.31. The minimum Gasteiger partial charge on any atom is -0.351 e. The average molecular weight is 183 g/mol. The lowest BCUT2D eigenvalue weighted by Gasteiger charge is -2.05. The molecule has 0 heterocycles. The monoisotopic (exact) mass is 183 g/mol. The van der Waals surface area contributed by atoms with Crippen molar-refractivity contribution in [1.82, 2.24) is 5.32 Å². The third-order valence-electron chi connectivity index (χ3n) is 1.39. The number of hydrogen-bond donors (Lipinski definition) is 1. The first-order chi connectivity index (χ1) is 6.07. The molecule has 0 aliphatic rings. The number of hydrogen-bond acceptors (Lipinski definition) is 3. The number of nitrogens with one attached hydrogen (secondary N) is 1. The Hall–Kier alpha value is -1.19. The standard InChI is InChI=1S/C9H17N3O/c1-5-11-12-8(4)6-10-9(13)7(2)3/h5,7H,6H2,1-4H3,(H,10,13)/b11-5-,12-8+. The Morgan fingerprint density at radius 1 is 1.54 bits per heavy atom. The molecule has 0 aromatic carbocycles. The largest absolute Gasteiger partial charge is 0.351 e. The molecule has 0 bridgehead atoms. The van der Waals surface area contributed by atoms with Gasteiger partial charge in [0.05, 0.1) is 12.3 Å². The van der Waals surface area contributed by atoms with Crippen molar-refractivity contribution in [3.05, 3.63) is 0 Å². The normalized spacial score (nSPS) is 12.5. The van der Waals surface area contributed by atoms with E-state index in [0.29, 0.717) is 6.54 Å². The third kappa shape index (κ3) is 6.02. The second-order valence-corrected chi connectivity index (χ2v) is 3.08. The van der Waals surface area contributed by atoms with Crippen LogP contribution in [-0.4, -0.2) is 24.4 Å². The Labute approximate surface area is 79.1 Å². The predicted molar refractivity (Wildman–Crippen MR) is 55.1 cm³/mol. The molecule has 1 amide bonds. The highest BCUT2D eigenvalue weighted by atomic mass is 16.1. The van der Waals surface area contributed by atoms with Crippen LogP contribution in [0.25, 0.3) is 0 Å². The molecule has 74 valence electrons. The Bertz CT molecular complexity index is 219. The minimum atomic E-state index is 0.0162. The number of nitrogens with zero attached hydrogens (tertiary/aromatic N) is 2. The molecule has 0 aliphatic heterocycles. The highest BCUT2D eigenvalue weighted by Crippen LogP contribution is 1.89. The van der Waals surface area contributed by atoms with Crippen LogP contribution >= 0.6 is 0 Å². The maximum Gasteiger partial charge on any atom is 0.222 e. The van der Waals surface area contributed by atoms with E-state index in [1.165, 1.54) is 0 Å². The Balaban J connectivity index is 3.82. The van der Waals surface area contributed by atoms with Gasteiger partial charge in [-0.1, -0.05) is 13.8 Å². The quantitative estimate of drug-likeness (QED) is 0.517. The summed E-state index contributed by atoms with van der Waals surface area (Å²) >= 11 is 0. The first-order valence-corrected chi connectivity index (χ1v) is 4.36. The summed E-state index contributed by atoms with van der Waals surface area (Å²) in [4.78, 5) is 11.1. The van der Waals surface area contributed by atoms with Gasteiger partial charge in [-0.25, -0.2) is 0 Å². The molecular formula is C9H17N3O. The van der Waals surface area contributed by atoms with Crippen molar-refractivity contribution in [2.75, 3.05) is 6.54 Å². The number of amides is 1. The van der Waals surface area contributed by atoms with Crippen LogP contribution in [-0.2, 0) is 4.79 Å². The van der Waals surface area contributed by atoms with Gasteiger partial charge in [0.1, 0.15) is 0 Å². The summed E-state index contributed by atoms with van der Waals surface area (Å²) < 4.78 is 0. The van der Waals surface area contributed by atoms with E-state index < -0.39 is 0 Å². The van der Waals surface area contributed by atoms with Gasteiger partial charge in [-0.05, 0) is 13.8 Å². The maximum absolute atomic E-state index is 11.1. The molecule has 0 unspecified atom stereocenters. The van der Waals surface area contributed by atoms with Gasteiger partial charge in [-0.2, -0.15) is 10.2 Å². The molecule has 0 aliphatic carbocycles. The summed E-state index contributed by atoms with van der Waals surface area (Å²) in [6.07, 6.45) is 1.60. The molecular weight excluding hydrogens is 166 g/mol. The first-order valence-electron chi connectivity index (χ1n) is 4.36. The van der Waals surface area contributed by atoms with Gasteiger partial charge in [0.15, 0.2) is 0 Å². The van der Waals surface area contributed by atoms with Crippen LogP contribution in [0.3, 0.4) is 0 Å². The predicted octanol–water partition coefficient (Wildman–Crippen LogP) is 1.23. The highest BCUT2D eigenvalue weighted by molar-refractivity contribution is 5.88. The zero-order chi connectivity index (χ0) is 10.3. The molecule has 0 fully saturated rings. The lowest BCUT2D eigenvalue weighted by molar-refractivity contribution is -0.123. The van der Waals surface area contributed by atoms with Crippen LogP contribution in [0.4, 0.5) is 0 Å². The van der Waals surface area contributed by atoms with Gasteiger partial charge < -0.3 is 5.32 Å². The average Bonchev–Trinajstić information content (AvgIpc) is 2.10. The van der Waals surface area contributed by atoms with Gasteiger partial charge in [0, 0.05) is 12.1 Å². The Morgan fingerprint density at radius 2 is 2.15 bits per heavy atom. The van der Waals surface area contributed by atoms with Crippen LogP contribution in [0.5, 0.6) is 0 Å². The fourth-order valence-corrected chi connectivity index (χ4v) is 0.611. The number of carbonyl (C=O) groups excluding carboxylic acids is 1. The minimum absolute atomic E-state index is 0.0162. The van der Waals surface area contributed by atoms with E-state index in [1.54, 1.807) is 13.1 Å². The zero-order valence-corrected chi connectivity index (χ0v) is 8.66. The van der Waals surface area contributed by atoms with Crippen LogP contribution in [0.2, 0.25) is 0 Å². The fraction of sp³-hybridized carbons (Fsp3) is 0.667. The number of rotatable bonds is 4. The van der Waals surface area contributed by atoms with E-state index in [4.69, 9.17) is 0 Å². The van der Waals surface area contributed by atoms with E-state index >= 15 is 0 Å². The SMILES string of the molecule is C/C=N\N=C(/C)CNC(=O)C(C)C. The van der Waals surface area contributed by atoms with E-state index in [2.05, 4.69) is 15.5 Å². The molecule has 4 nitrogen and oxygen atoms in total. The number of carbonyl (C=O) groups is 1. The molecule has 0 rings (SSSR count). The Kier molecular flexibility index (Phi) is 5.76. The van der Waals surface area contributed by atoms with Crippen LogP contribution < -0.4 is 5.32 Å². The molecule has 0 aromatic heterocycles. The Morgan fingerprint density at radius 3 is 2.62 bits per heavy atom. The first kappa shape index (κ1) is 11.8. The van der Waals surface area contributed by atoms with Crippen molar-refractivity contribution >= 4 is 17.8 Å². The summed E-state index contributed by atoms with van der Waals surface area (Å²) in [5, 5.41) is 10.3. The maximum atomic E-state index is 11.1. The molecule has 0 radical (unpaired) electrons. The van der Waals surface area contributed by atoms with Crippen molar-refractivity contribution in [3.8, 4) is 0 Å². The summed E-state index contributed by atoms with van der Waals surface area (Å²) in [6, 6.07) is 0. The van der Waals surface area contributed by atoms with Crippen molar-refractivity contribution in [2.24, 2.45) is 16.1 Å². The topological polar surface area (TPSA) is 53.8 Å². The van der Waals surface area contributed by atoms with Gasteiger partial charge in [-0.3, -0.25) is 4.79 Å². The molecule has 0 saturated carbocycles. The second kappa shape index (κ2) is 6.34. The van der Waals surface area contributed by atoms with Crippen LogP contribution in [0.15, 0.2) is 10.2 Å². The van der Waals surface area contributed by atoms with Crippen LogP contribution in [0, 0.1) is 5.92 Å². The lowest BCUT2D eigenvalue weighted by atomic mass is 10.2. The zero-order valence-electron chi connectivity index (χ0n) is 8.66. The third-order valence-corrected chi connectivity index (χ3v) is 1.39. The van der Waals surface area contributed by atoms with Gasteiger partial charge in [0.2, 0.25) is 5.91 Å². The van der Waals surface area contributed by atoms with E-state index in [9.17, 15) is 4.79 Å². The fourth-order valence-electron chi connectivity index (χ4n) is 0.611. The molecule has 13 heavy (non-hydrogen) atoms. The van der Waals surface area contributed by atoms with Gasteiger partial charge >= 0.3 is 0 Å². The van der Waals surface area contributed by atoms with Gasteiger partial charge in [0.25, 0.3) is 0 Å². The highest BCUT2D eigenvalue weighted by Gasteiger charge is 2.05. The molecule has 0 saturated heterocycles. The van der Waals surface area contributed by atoms with E-state index in [-0.39, 0.29) is 11.8 Å². The summed E-state index contributed by atoms with van der Waals surface area (Å²) in [6.45, 7) is 7.80. The van der Waals surface area contributed by atoms with Crippen molar-refractivity contribution in [1.29, 1.82) is 0 Å². The summed E-state index contributed by atoms with van der Waals surface area (Å²) in [5.74, 6) is 0.0532. The molecule has 0 atom stereocenters. The van der Waals surface area contributed by atoms with E-state index in [1.807, 2.05) is 20.8 Å². The smallest absolute Gasteiger partial charge is 0.222 e. The van der Waals surface area contributed by atoms with Crippen molar-refractivity contribution < 1.29 is 4.79 Å². The van der Waals surface area contributed by atoms with E-state index in [0.717, 1.165) is 5.71 Å². The van der Waals surface area contributed by atoms with Crippen molar-refractivity contribution in [2.45, 2.75) is 27.7 Å². The summed E-state index contributed by atoms with van der Waals surface area (Å²) in [7, 11) is 0. The van der Waals surface area contributed by atoms with Crippen LogP contribution in [0.1, 0.15) is 27.7 Å². The summed E-state index contributed by atoms with van der Waals surface area (Å²) in [5.41, 5.74) is 0.798.